The Morgan fingerprint density at radius 2 is 1.95 bits per heavy atom. The number of hydrogen-bond acceptors (Lipinski definition) is 2. The summed E-state index contributed by atoms with van der Waals surface area (Å²) in [7, 11) is 0. The smallest absolute Gasteiger partial charge is 0.223 e. The first-order valence-corrected chi connectivity index (χ1v) is 8.68. The molecule has 2 atom stereocenters. The Morgan fingerprint density at radius 1 is 1.27 bits per heavy atom. The Morgan fingerprint density at radius 3 is 2.55 bits per heavy atom. The van der Waals surface area contributed by atoms with Crippen LogP contribution in [0.1, 0.15) is 52.0 Å². The molecule has 3 heteroatoms. The lowest BCUT2D eigenvalue weighted by atomic mass is 9.75. The van der Waals surface area contributed by atoms with Crippen LogP contribution < -0.4 is 10.6 Å². The van der Waals surface area contributed by atoms with E-state index in [-0.39, 0.29) is 17.2 Å². The third-order valence-electron chi connectivity index (χ3n) is 5.34. The van der Waals surface area contributed by atoms with Crippen LogP contribution in [-0.2, 0) is 10.2 Å². The molecule has 1 saturated heterocycles. The van der Waals surface area contributed by atoms with E-state index in [4.69, 9.17) is 0 Å². The minimum absolute atomic E-state index is 0.0510. The van der Waals surface area contributed by atoms with Gasteiger partial charge in [-0.3, -0.25) is 4.79 Å². The van der Waals surface area contributed by atoms with Crippen LogP contribution in [-0.4, -0.2) is 25.0 Å². The number of piperidine rings is 1. The predicted octanol–water partition coefficient (Wildman–Crippen LogP) is 3.25. The fourth-order valence-electron chi connectivity index (χ4n) is 3.57. The van der Waals surface area contributed by atoms with Crippen molar-refractivity contribution in [2.24, 2.45) is 5.92 Å². The molecule has 2 rings (SSSR count). The number of carbonyl (C=O) groups is 1. The van der Waals surface area contributed by atoms with Gasteiger partial charge >= 0.3 is 0 Å². The highest BCUT2D eigenvalue weighted by atomic mass is 16.1. The van der Waals surface area contributed by atoms with Gasteiger partial charge in [-0.2, -0.15) is 0 Å². The Bertz CT molecular complexity index is 468. The van der Waals surface area contributed by atoms with Crippen molar-refractivity contribution >= 4 is 5.91 Å². The summed E-state index contributed by atoms with van der Waals surface area (Å²) in [6.07, 6.45) is 3.97. The molecule has 2 N–H and O–H groups in total. The average molecular weight is 302 g/mol. The first kappa shape index (κ1) is 17.0. The quantitative estimate of drug-likeness (QED) is 0.847. The van der Waals surface area contributed by atoms with Gasteiger partial charge in [-0.15, -0.1) is 0 Å². The van der Waals surface area contributed by atoms with Crippen molar-refractivity contribution in [3.8, 4) is 0 Å². The highest BCUT2D eigenvalue weighted by Gasteiger charge is 2.31. The Hall–Kier alpha value is -1.35. The summed E-state index contributed by atoms with van der Waals surface area (Å²) in [5.74, 6) is 0.397. The second-order valence-corrected chi connectivity index (χ2v) is 6.65. The van der Waals surface area contributed by atoms with Gasteiger partial charge in [0, 0.05) is 23.9 Å². The minimum atomic E-state index is 0.0510. The van der Waals surface area contributed by atoms with E-state index in [1.807, 2.05) is 0 Å². The normalized spacial score (nSPS) is 22.3. The highest BCUT2D eigenvalue weighted by Crippen LogP contribution is 2.31. The van der Waals surface area contributed by atoms with E-state index in [1.165, 1.54) is 5.56 Å². The number of nitrogens with one attached hydrogen (secondary N) is 2. The highest BCUT2D eigenvalue weighted by molar-refractivity contribution is 5.79. The lowest BCUT2D eigenvalue weighted by Crippen LogP contribution is -2.46. The molecule has 1 aromatic carbocycles. The van der Waals surface area contributed by atoms with E-state index in [9.17, 15) is 4.79 Å². The maximum atomic E-state index is 12.5. The van der Waals surface area contributed by atoms with Crippen molar-refractivity contribution in [2.45, 2.75) is 57.9 Å². The van der Waals surface area contributed by atoms with Gasteiger partial charge in [0.05, 0.1) is 0 Å². The van der Waals surface area contributed by atoms with Crippen LogP contribution >= 0.6 is 0 Å². The Labute approximate surface area is 134 Å². The first-order chi connectivity index (χ1) is 10.6. The molecule has 1 aromatic rings. The SMILES string of the molecule is CCC(CC)(CNC(=O)[C@H]1CCN[C@@H](C)C1)c1ccccc1. The van der Waals surface area contributed by atoms with Gasteiger partial charge in [0.25, 0.3) is 0 Å². The molecule has 1 heterocycles. The maximum absolute atomic E-state index is 12.5. The van der Waals surface area contributed by atoms with Crippen molar-refractivity contribution in [1.29, 1.82) is 0 Å². The first-order valence-electron chi connectivity index (χ1n) is 8.68. The topological polar surface area (TPSA) is 41.1 Å². The zero-order chi connectivity index (χ0) is 16.0. The number of amides is 1. The number of hydrogen-bond donors (Lipinski definition) is 2. The van der Waals surface area contributed by atoms with E-state index in [0.717, 1.165) is 38.8 Å². The van der Waals surface area contributed by atoms with Gasteiger partial charge in [0.15, 0.2) is 0 Å². The van der Waals surface area contributed by atoms with Crippen molar-refractivity contribution < 1.29 is 4.79 Å². The number of rotatable bonds is 6. The summed E-state index contributed by atoms with van der Waals surface area (Å²) in [4.78, 5) is 12.5. The molecule has 1 amide bonds. The Kier molecular flexibility index (Phi) is 6.01. The summed E-state index contributed by atoms with van der Waals surface area (Å²) < 4.78 is 0. The third-order valence-corrected chi connectivity index (χ3v) is 5.34. The van der Waals surface area contributed by atoms with Gasteiger partial charge < -0.3 is 10.6 Å². The number of carbonyl (C=O) groups excluding carboxylic acids is 1. The molecule has 122 valence electrons. The van der Waals surface area contributed by atoms with Gasteiger partial charge in [-0.05, 0) is 44.7 Å². The second-order valence-electron chi connectivity index (χ2n) is 6.65. The van der Waals surface area contributed by atoms with E-state index in [1.54, 1.807) is 0 Å². The minimum Gasteiger partial charge on any atom is -0.355 e. The Balaban J connectivity index is 2.01. The molecular formula is C19H30N2O. The van der Waals surface area contributed by atoms with Crippen LogP contribution in [0.3, 0.4) is 0 Å². The van der Waals surface area contributed by atoms with Crippen LogP contribution in [0.4, 0.5) is 0 Å². The van der Waals surface area contributed by atoms with Crippen molar-refractivity contribution in [3.63, 3.8) is 0 Å². The van der Waals surface area contributed by atoms with E-state index >= 15 is 0 Å². The lowest BCUT2D eigenvalue weighted by molar-refractivity contribution is -0.126. The molecule has 0 spiro atoms. The molecule has 1 aliphatic heterocycles. The summed E-state index contributed by atoms with van der Waals surface area (Å²) in [5, 5.41) is 6.65. The van der Waals surface area contributed by atoms with Gasteiger partial charge in [0.2, 0.25) is 5.91 Å². The summed E-state index contributed by atoms with van der Waals surface area (Å²) >= 11 is 0. The van der Waals surface area contributed by atoms with Crippen molar-refractivity contribution in [2.75, 3.05) is 13.1 Å². The van der Waals surface area contributed by atoms with E-state index < -0.39 is 0 Å². The lowest BCUT2D eigenvalue weighted by Gasteiger charge is -2.34. The molecule has 1 fully saturated rings. The summed E-state index contributed by atoms with van der Waals surface area (Å²) in [6, 6.07) is 11.0. The molecule has 3 nitrogen and oxygen atoms in total. The summed E-state index contributed by atoms with van der Waals surface area (Å²) in [5.41, 5.74) is 1.38. The van der Waals surface area contributed by atoms with Crippen molar-refractivity contribution in [3.05, 3.63) is 35.9 Å². The fraction of sp³-hybridized carbons (Fsp3) is 0.632. The zero-order valence-electron chi connectivity index (χ0n) is 14.2. The van der Waals surface area contributed by atoms with Crippen LogP contribution in [0.2, 0.25) is 0 Å². The third kappa shape index (κ3) is 3.89. The van der Waals surface area contributed by atoms with Gasteiger partial charge in [0.1, 0.15) is 0 Å². The van der Waals surface area contributed by atoms with E-state index in [0.29, 0.717) is 6.04 Å². The molecule has 0 saturated carbocycles. The maximum Gasteiger partial charge on any atom is 0.223 e. The molecule has 0 bridgehead atoms. The standard InChI is InChI=1S/C19H30N2O/c1-4-19(5-2,17-9-7-6-8-10-17)14-21-18(22)16-11-12-20-15(3)13-16/h6-10,15-16,20H,4-5,11-14H2,1-3H3,(H,21,22)/t15-,16-/m0/s1. The van der Waals surface area contributed by atoms with E-state index in [2.05, 4.69) is 61.7 Å². The largest absolute Gasteiger partial charge is 0.355 e. The second kappa shape index (κ2) is 7.77. The zero-order valence-corrected chi connectivity index (χ0v) is 14.2. The summed E-state index contributed by atoms with van der Waals surface area (Å²) in [6.45, 7) is 8.28. The number of benzene rings is 1. The molecule has 0 aliphatic carbocycles. The van der Waals surface area contributed by atoms with Gasteiger partial charge in [-0.25, -0.2) is 0 Å². The predicted molar refractivity (Wildman–Crippen MR) is 91.9 cm³/mol. The molecule has 22 heavy (non-hydrogen) atoms. The molecule has 0 radical (unpaired) electrons. The van der Waals surface area contributed by atoms with Crippen LogP contribution in [0.15, 0.2) is 30.3 Å². The van der Waals surface area contributed by atoms with Crippen LogP contribution in [0.25, 0.3) is 0 Å². The molecular weight excluding hydrogens is 272 g/mol. The van der Waals surface area contributed by atoms with Crippen LogP contribution in [0.5, 0.6) is 0 Å². The van der Waals surface area contributed by atoms with Gasteiger partial charge in [-0.1, -0.05) is 44.2 Å². The molecule has 1 aliphatic rings. The molecule has 0 aromatic heterocycles. The fourth-order valence-corrected chi connectivity index (χ4v) is 3.57. The average Bonchev–Trinajstić information content (AvgIpc) is 2.57. The molecule has 0 unspecified atom stereocenters. The van der Waals surface area contributed by atoms with Crippen LogP contribution in [0, 0.1) is 5.92 Å². The van der Waals surface area contributed by atoms with Crippen molar-refractivity contribution in [1.82, 2.24) is 10.6 Å². The monoisotopic (exact) mass is 302 g/mol.